The molecule has 0 unspecified atom stereocenters. The fraction of sp³-hybridized carbons (Fsp3) is 0.440. The predicted molar refractivity (Wildman–Crippen MR) is 134 cm³/mol. The molecule has 0 aliphatic carbocycles. The van der Waals surface area contributed by atoms with Crippen molar-refractivity contribution in [1.82, 2.24) is 10.2 Å². The average Bonchev–Trinajstić information content (AvgIpc) is 2.70. The summed E-state index contributed by atoms with van der Waals surface area (Å²) in [7, 11) is 0. The van der Waals surface area contributed by atoms with Gasteiger partial charge in [-0.1, -0.05) is 64.3 Å². The maximum Gasteiger partial charge on any atom is 0.242 e. The minimum atomic E-state index is -0.540. The van der Waals surface area contributed by atoms with Gasteiger partial charge in [-0.2, -0.15) is 0 Å². The van der Waals surface area contributed by atoms with Crippen molar-refractivity contribution in [2.45, 2.75) is 65.4 Å². The van der Waals surface area contributed by atoms with Gasteiger partial charge in [0.05, 0.1) is 5.75 Å². The van der Waals surface area contributed by atoms with Crippen LogP contribution in [0.2, 0.25) is 0 Å². The third-order valence-electron chi connectivity index (χ3n) is 5.19. The van der Waals surface area contributed by atoms with Gasteiger partial charge in [0.25, 0.3) is 0 Å². The Balaban J connectivity index is 2.09. The molecule has 168 valence electrons. The van der Waals surface area contributed by atoms with Gasteiger partial charge in [0.1, 0.15) is 6.04 Å². The van der Waals surface area contributed by atoms with Gasteiger partial charge in [-0.3, -0.25) is 9.59 Å². The molecular weight excluding hydrogens is 472 g/mol. The van der Waals surface area contributed by atoms with Crippen LogP contribution in [0, 0.1) is 13.8 Å². The normalized spacial score (nSPS) is 12.8. The van der Waals surface area contributed by atoms with Crippen molar-refractivity contribution in [3.05, 3.63) is 69.2 Å². The van der Waals surface area contributed by atoms with Gasteiger partial charge in [-0.05, 0) is 57.4 Å². The summed E-state index contributed by atoms with van der Waals surface area (Å²) < 4.78 is 0.957. The Morgan fingerprint density at radius 2 is 1.74 bits per heavy atom. The van der Waals surface area contributed by atoms with Crippen LogP contribution in [0.3, 0.4) is 0 Å². The third-order valence-corrected chi connectivity index (χ3v) is 6.67. The van der Waals surface area contributed by atoms with E-state index in [2.05, 4.69) is 53.3 Å². The number of thioether (sulfide) groups is 1. The van der Waals surface area contributed by atoms with Crippen LogP contribution in [0.25, 0.3) is 0 Å². The number of amides is 2. The number of aryl methyl sites for hydroxylation is 2. The highest BCUT2D eigenvalue weighted by Gasteiger charge is 2.26. The Labute approximate surface area is 199 Å². The van der Waals surface area contributed by atoms with Gasteiger partial charge in [0.2, 0.25) is 11.8 Å². The first-order valence-corrected chi connectivity index (χ1v) is 12.6. The lowest BCUT2D eigenvalue weighted by Crippen LogP contribution is -2.50. The van der Waals surface area contributed by atoms with E-state index in [0.29, 0.717) is 12.3 Å². The van der Waals surface area contributed by atoms with E-state index in [9.17, 15) is 9.59 Å². The van der Waals surface area contributed by atoms with Crippen molar-refractivity contribution in [2.24, 2.45) is 0 Å². The van der Waals surface area contributed by atoms with Crippen LogP contribution in [0.4, 0.5) is 0 Å². The summed E-state index contributed by atoms with van der Waals surface area (Å²) in [6, 6.07) is 13.9. The Morgan fingerprint density at radius 3 is 2.35 bits per heavy atom. The standard InChI is InChI=1S/C25H33BrN2O2S/c1-6-19(4)27-25(30)20(5)28(14-21-8-7-9-23(26)13-21)24(29)16-31-15-22-11-17(2)10-18(3)12-22/h7-13,19-20H,6,14-16H2,1-5H3,(H,27,30)/t19-,20-/m1/s1. The Hall–Kier alpha value is -1.79. The molecule has 0 saturated heterocycles. The zero-order chi connectivity index (χ0) is 23.0. The predicted octanol–water partition coefficient (Wildman–Crippen LogP) is 5.63. The molecule has 0 heterocycles. The molecule has 0 spiro atoms. The molecule has 6 heteroatoms. The number of halogens is 1. The molecule has 0 bridgehead atoms. The highest BCUT2D eigenvalue weighted by Crippen LogP contribution is 2.19. The number of nitrogens with one attached hydrogen (secondary N) is 1. The quantitative estimate of drug-likeness (QED) is 0.455. The second-order valence-electron chi connectivity index (χ2n) is 8.13. The topological polar surface area (TPSA) is 49.4 Å². The minimum absolute atomic E-state index is 0.0267. The molecule has 0 fully saturated rings. The van der Waals surface area contributed by atoms with E-state index in [1.54, 1.807) is 16.7 Å². The first-order chi connectivity index (χ1) is 14.7. The molecule has 0 aromatic heterocycles. The lowest BCUT2D eigenvalue weighted by Gasteiger charge is -2.29. The third kappa shape index (κ3) is 8.34. The summed E-state index contributed by atoms with van der Waals surface area (Å²) in [6.07, 6.45) is 0.851. The number of carbonyl (C=O) groups is 2. The molecule has 4 nitrogen and oxygen atoms in total. The first-order valence-electron chi connectivity index (χ1n) is 10.7. The second-order valence-corrected chi connectivity index (χ2v) is 10.0. The van der Waals surface area contributed by atoms with Gasteiger partial charge in [-0.15, -0.1) is 11.8 Å². The summed E-state index contributed by atoms with van der Waals surface area (Å²) in [4.78, 5) is 27.6. The van der Waals surface area contributed by atoms with Crippen molar-refractivity contribution < 1.29 is 9.59 Å². The molecule has 2 aromatic rings. The van der Waals surface area contributed by atoms with Crippen LogP contribution in [-0.4, -0.2) is 34.6 Å². The second kappa shape index (κ2) is 12.3. The monoisotopic (exact) mass is 504 g/mol. The maximum atomic E-state index is 13.2. The number of rotatable bonds is 10. The molecule has 1 N–H and O–H groups in total. The lowest BCUT2D eigenvalue weighted by atomic mass is 10.1. The smallest absolute Gasteiger partial charge is 0.242 e. The van der Waals surface area contributed by atoms with Crippen LogP contribution in [0.15, 0.2) is 46.9 Å². The van der Waals surface area contributed by atoms with Crippen LogP contribution in [0.1, 0.15) is 49.4 Å². The fourth-order valence-corrected chi connectivity index (χ4v) is 4.66. The Bertz CT molecular complexity index is 883. The van der Waals surface area contributed by atoms with Crippen molar-refractivity contribution in [2.75, 3.05) is 5.75 Å². The highest BCUT2D eigenvalue weighted by atomic mass is 79.9. The zero-order valence-corrected chi connectivity index (χ0v) is 21.5. The molecule has 0 aliphatic heterocycles. The number of hydrogen-bond donors (Lipinski definition) is 1. The molecular formula is C25H33BrN2O2S. The average molecular weight is 506 g/mol. The van der Waals surface area contributed by atoms with E-state index < -0.39 is 6.04 Å². The zero-order valence-electron chi connectivity index (χ0n) is 19.1. The van der Waals surface area contributed by atoms with Crippen LogP contribution in [-0.2, 0) is 21.9 Å². The molecule has 0 saturated carbocycles. The number of benzene rings is 2. The summed E-state index contributed by atoms with van der Waals surface area (Å²) in [5, 5.41) is 3.01. The summed E-state index contributed by atoms with van der Waals surface area (Å²) >= 11 is 5.08. The van der Waals surface area contributed by atoms with Crippen molar-refractivity contribution in [3.63, 3.8) is 0 Å². The molecule has 0 aliphatic rings. The van der Waals surface area contributed by atoms with E-state index in [4.69, 9.17) is 0 Å². The number of carbonyl (C=O) groups excluding carboxylic acids is 2. The molecule has 31 heavy (non-hydrogen) atoms. The Kier molecular flexibility index (Phi) is 10.1. The van der Waals surface area contributed by atoms with E-state index in [0.717, 1.165) is 22.2 Å². The van der Waals surface area contributed by atoms with Crippen molar-refractivity contribution in [1.29, 1.82) is 0 Å². The largest absolute Gasteiger partial charge is 0.352 e. The maximum absolute atomic E-state index is 13.2. The SMILES string of the molecule is CC[C@@H](C)NC(=O)[C@@H](C)N(Cc1cccc(Br)c1)C(=O)CSCc1cc(C)cc(C)c1. The van der Waals surface area contributed by atoms with Gasteiger partial charge in [-0.25, -0.2) is 0 Å². The van der Waals surface area contributed by atoms with Crippen molar-refractivity contribution in [3.8, 4) is 0 Å². The first kappa shape index (κ1) is 25.5. The van der Waals surface area contributed by atoms with E-state index in [-0.39, 0.29) is 17.9 Å². The van der Waals surface area contributed by atoms with Gasteiger partial charge >= 0.3 is 0 Å². The van der Waals surface area contributed by atoms with Crippen LogP contribution in [0.5, 0.6) is 0 Å². The van der Waals surface area contributed by atoms with Gasteiger partial charge < -0.3 is 10.2 Å². The summed E-state index contributed by atoms with van der Waals surface area (Å²) in [5.74, 6) is 0.965. The molecule has 2 atom stereocenters. The summed E-state index contributed by atoms with van der Waals surface area (Å²) in [5.41, 5.74) is 4.67. The molecule has 2 rings (SSSR count). The summed E-state index contributed by atoms with van der Waals surface area (Å²) in [6.45, 7) is 10.4. The molecule has 2 aromatic carbocycles. The van der Waals surface area contributed by atoms with Crippen LogP contribution < -0.4 is 5.32 Å². The minimum Gasteiger partial charge on any atom is -0.352 e. The Morgan fingerprint density at radius 1 is 1.06 bits per heavy atom. The van der Waals surface area contributed by atoms with E-state index in [1.165, 1.54) is 16.7 Å². The number of hydrogen-bond acceptors (Lipinski definition) is 3. The highest BCUT2D eigenvalue weighted by molar-refractivity contribution is 9.10. The van der Waals surface area contributed by atoms with Crippen molar-refractivity contribution >= 4 is 39.5 Å². The number of nitrogens with zero attached hydrogens (tertiary/aromatic N) is 1. The molecule has 0 radical (unpaired) electrons. The van der Waals surface area contributed by atoms with E-state index >= 15 is 0 Å². The lowest BCUT2D eigenvalue weighted by molar-refractivity contribution is -0.138. The van der Waals surface area contributed by atoms with E-state index in [1.807, 2.05) is 45.0 Å². The molecule has 2 amide bonds. The fourth-order valence-electron chi connectivity index (χ4n) is 3.37. The van der Waals surface area contributed by atoms with Crippen LogP contribution >= 0.6 is 27.7 Å². The van der Waals surface area contributed by atoms with Gasteiger partial charge in [0.15, 0.2) is 0 Å². The van der Waals surface area contributed by atoms with Gasteiger partial charge in [0, 0.05) is 22.8 Å².